The Labute approximate surface area is 106 Å². The van der Waals surface area contributed by atoms with Crippen LogP contribution in [0.5, 0.6) is 0 Å². The van der Waals surface area contributed by atoms with Gasteiger partial charge in [0.15, 0.2) is 0 Å². The molecule has 0 aromatic heterocycles. The maximum absolute atomic E-state index is 10.9. The van der Waals surface area contributed by atoms with Crippen LogP contribution in [0.2, 0.25) is 0 Å². The molecule has 2 N–H and O–H groups in total. The molecular formula is C12H18N2O4. The Kier molecular flexibility index (Phi) is 5.54. The summed E-state index contributed by atoms with van der Waals surface area (Å²) >= 11 is 0. The smallest absolute Gasteiger partial charge is 0.292 e. The summed E-state index contributed by atoms with van der Waals surface area (Å²) in [6.07, 6.45) is 0.471. The van der Waals surface area contributed by atoms with Crippen LogP contribution in [0.25, 0.3) is 0 Å². The SMILES string of the molecule is COCC(CCO)Nc1cc(C)ccc1[N+](=O)[O-]. The number of benzene rings is 1. The number of aliphatic hydroxyl groups is 1. The number of aryl methyl sites for hydroxylation is 1. The summed E-state index contributed by atoms with van der Waals surface area (Å²) < 4.78 is 5.02. The van der Waals surface area contributed by atoms with Gasteiger partial charge in [0.25, 0.3) is 5.69 Å². The molecule has 6 heteroatoms. The molecule has 1 unspecified atom stereocenters. The first-order valence-electron chi connectivity index (χ1n) is 5.70. The molecule has 6 nitrogen and oxygen atoms in total. The van der Waals surface area contributed by atoms with Gasteiger partial charge in [-0.2, -0.15) is 0 Å². The normalized spacial score (nSPS) is 12.2. The van der Waals surface area contributed by atoms with Gasteiger partial charge in [0.05, 0.1) is 17.6 Å². The Bertz CT molecular complexity index is 403. The summed E-state index contributed by atoms with van der Waals surface area (Å²) in [7, 11) is 1.55. The minimum atomic E-state index is -0.426. The van der Waals surface area contributed by atoms with Crippen molar-refractivity contribution >= 4 is 11.4 Å². The predicted octanol–water partition coefficient (Wildman–Crippen LogP) is 1.71. The number of ether oxygens (including phenoxy) is 1. The minimum Gasteiger partial charge on any atom is -0.396 e. The summed E-state index contributed by atoms with van der Waals surface area (Å²) in [5.74, 6) is 0. The molecule has 1 aromatic rings. The Morgan fingerprint density at radius 2 is 2.28 bits per heavy atom. The number of methoxy groups -OCH3 is 1. The zero-order valence-electron chi connectivity index (χ0n) is 10.5. The fourth-order valence-corrected chi connectivity index (χ4v) is 1.70. The van der Waals surface area contributed by atoms with Crippen LogP contribution >= 0.6 is 0 Å². The topological polar surface area (TPSA) is 84.6 Å². The number of aliphatic hydroxyl groups excluding tert-OH is 1. The van der Waals surface area contributed by atoms with E-state index >= 15 is 0 Å². The van der Waals surface area contributed by atoms with Crippen molar-refractivity contribution in [1.29, 1.82) is 0 Å². The molecule has 0 amide bonds. The van der Waals surface area contributed by atoms with E-state index in [1.54, 1.807) is 19.2 Å². The number of nitrogens with one attached hydrogen (secondary N) is 1. The number of anilines is 1. The van der Waals surface area contributed by atoms with Crippen LogP contribution in [0.4, 0.5) is 11.4 Å². The standard InChI is InChI=1S/C12H18N2O4/c1-9-3-4-12(14(16)17)11(7-9)13-10(5-6-15)8-18-2/h3-4,7,10,13,15H,5-6,8H2,1-2H3. The highest BCUT2D eigenvalue weighted by molar-refractivity contribution is 5.63. The summed E-state index contributed by atoms with van der Waals surface area (Å²) in [4.78, 5) is 10.5. The van der Waals surface area contributed by atoms with Crippen LogP contribution < -0.4 is 5.32 Å². The molecule has 1 rings (SSSR count). The Hall–Kier alpha value is -1.66. The second-order valence-corrected chi connectivity index (χ2v) is 4.09. The van der Waals surface area contributed by atoms with Gasteiger partial charge in [-0.15, -0.1) is 0 Å². The molecule has 0 heterocycles. The van der Waals surface area contributed by atoms with E-state index in [4.69, 9.17) is 9.84 Å². The van der Waals surface area contributed by atoms with Gasteiger partial charge < -0.3 is 15.2 Å². The number of hydrogen-bond donors (Lipinski definition) is 2. The van der Waals surface area contributed by atoms with E-state index in [-0.39, 0.29) is 18.3 Å². The van der Waals surface area contributed by atoms with Crippen LogP contribution in [-0.4, -0.2) is 36.4 Å². The molecule has 18 heavy (non-hydrogen) atoms. The third kappa shape index (κ3) is 3.97. The van der Waals surface area contributed by atoms with E-state index < -0.39 is 4.92 Å². The molecule has 0 aliphatic rings. The molecular weight excluding hydrogens is 236 g/mol. The highest BCUT2D eigenvalue weighted by Gasteiger charge is 2.17. The maximum Gasteiger partial charge on any atom is 0.292 e. The fraction of sp³-hybridized carbons (Fsp3) is 0.500. The summed E-state index contributed by atoms with van der Waals surface area (Å²) in [6, 6.07) is 4.74. The molecule has 0 aliphatic carbocycles. The van der Waals surface area contributed by atoms with Crippen molar-refractivity contribution < 1.29 is 14.8 Å². The first-order chi connectivity index (χ1) is 8.58. The lowest BCUT2D eigenvalue weighted by molar-refractivity contribution is -0.384. The van der Waals surface area contributed by atoms with Crippen molar-refractivity contribution in [2.45, 2.75) is 19.4 Å². The number of nitro groups is 1. The number of rotatable bonds is 7. The number of nitrogens with zero attached hydrogens (tertiary/aromatic N) is 1. The molecule has 0 saturated heterocycles. The van der Waals surface area contributed by atoms with Crippen LogP contribution in [-0.2, 0) is 4.74 Å². The van der Waals surface area contributed by atoms with Crippen LogP contribution in [0.15, 0.2) is 18.2 Å². The third-order valence-corrected chi connectivity index (χ3v) is 2.55. The number of nitro benzene ring substituents is 1. The zero-order valence-corrected chi connectivity index (χ0v) is 10.5. The van der Waals surface area contributed by atoms with E-state index in [0.717, 1.165) is 5.56 Å². The molecule has 100 valence electrons. The predicted molar refractivity (Wildman–Crippen MR) is 68.8 cm³/mol. The second-order valence-electron chi connectivity index (χ2n) is 4.09. The Morgan fingerprint density at radius 1 is 1.56 bits per heavy atom. The van der Waals surface area contributed by atoms with Crippen LogP contribution in [0.1, 0.15) is 12.0 Å². The molecule has 0 fully saturated rings. The van der Waals surface area contributed by atoms with Gasteiger partial charge in [0, 0.05) is 19.8 Å². The lowest BCUT2D eigenvalue weighted by Gasteiger charge is -2.18. The highest BCUT2D eigenvalue weighted by atomic mass is 16.6. The lowest BCUT2D eigenvalue weighted by atomic mass is 10.1. The molecule has 1 atom stereocenters. The molecule has 0 saturated carbocycles. The molecule has 0 bridgehead atoms. The highest BCUT2D eigenvalue weighted by Crippen LogP contribution is 2.26. The van der Waals surface area contributed by atoms with Crippen molar-refractivity contribution in [1.82, 2.24) is 0 Å². The van der Waals surface area contributed by atoms with Gasteiger partial charge in [-0.05, 0) is 25.0 Å². The molecule has 1 aromatic carbocycles. The van der Waals surface area contributed by atoms with Crippen molar-refractivity contribution in [2.24, 2.45) is 0 Å². The zero-order chi connectivity index (χ0) is 13.5. The summed E-state index contributed by atoms with van der Waals surface area (Å²) in [5, 5.41) is 22.9. The molecule has 0 spiro atoms. The van der Waals surface area contributed by atoms with E-state index in [1.807, 2.05) is 6.92 Å². The Balaban J connectivity index is 2.92. The van der Waals surface area contributed by atoms with Gasteiger partial charge in [0.2, 0.25) is 0 Å². The van der Waals surface area contributed by atoms with Crippen molar-refractivity contribution in [3.8, 4) is 0 Å². The van der Waals surface area contributed by atoms with Gasteiger partial charge in [-0.25, -0.2) is 0 Å². The van der Waals surface area contributed by atoms with Crippen LogP contribution in [0.3, 0.4) is 0 Å². The van der Waals surface area contributed by atoms with E-state index in [2.05, 4.69) is 5.32 Å². The fourth-order valence-electron chi connectivity index (χ4n) is 1.70. The molecule has 0 radical (unpaired) electrons. The summed E-state index contributed by atoms with van der Waals surface area (Å²) in [5.41, 5.74) is 1.42. The number of hydrogen-bond acceptors (Lipinski definition) is 5. The average molecular weight is 254 g/mol. The van der Waals surface area contributed by atoms with Crippen LogP contribution in [0, 0.1) is 17.0 Å². The minimum absolute atomic E-state index is 0.000635. The quantitative estimate of drug-likeness (QED) is 0.571. The average Bonchev–Trinajstić information content (AvgIpc) is 2.29. The first-order valence-corrected chi connectivity index (χ1v) is 5.70. The lowest BCUT2D eigenvalue weighted by Crippen LogP contribution is -2.26. The van der Waals surface area contributed by atoms with Gasteiger partial charge in [0.1, 0.15) is 5.69 Å². The van der Waals surface area contributed by atoms with E-state index in [9.17, 15) is 10.1 Å². The third-order valence-electron chi connectivity index (χ3n) is 2.55. The largest absolute Gasteiger partial charge is 0.396 e. The van der Waals surface area contributed by atoms with Gasteiger partial charge >= 0.3 is 0 Å². The first kappa shape index (κ1) is 14.4. The van der Waals surface area contributed by atoms with Crippen molar-refractivity contribution in [2.75, 3.05) is 25.6 Å². The monoisotopic (exact) mass is 254 g/mol. The Morgan fingerprint density at radius 3 is 2.83 bits per heavy atom. The van der Waals surface area contributed by atoms with E-state index in [1.165, 1.54) is 6.07 Å². The molecule has 0 aliphatic heterocycles. The van der Waals surface area contributed by atoms with Gasteiger partial charge in [-0.1, -0.05) is 6.07 Å². The summed E-state index contributed by atoms with van der Waals surface area (Å²) in [6.45, 7) is 2.25. The van der Waals surface area contributed by atoms with E-state index in [0.29, 0.717) is 18.7 Å². The van der Waals surface area contributed by atoms with Crippen molar-refractivity contribution in [3.05, 3.63) is 33.9 Å². The second kappa shape index (κ2) is 6.93. The van der Waals surface area contributed by atoms with Gasteiger partial charge in [-0.3, -0.25) is 10.1 Å². The van der Waals surface area contributed by atoms with Crippen molar-refractivity contribution in [3.63, 3.8) is 0 Å². The maximum atomic E-state index is 10.9.